The van der Waals surface area contributed by atoms with E-state index in [9.17, 15) is 9.59 Å². The van der Waals surface area contributed by atoms with Crippen LogP contribution in [0.15, 0.2) is 66.7 Å². The normalized spacial score (nSPS) is 20.4. The lowest BCUT2D eigenvalue weighted by molar-refractivity contribution is -0.145. The number of benzene rings is 3. The minimum absolute atomic E-state index is 0.161. The fraction of sp³-hybridized carbons (Fsp3) is 0.217. The van der Waals surface area contributed by atoms with Crippen LogP contribution < -0.4 is 10.1 Å². The van der Waals surface area contributed by atoms with E-state index in [1.54, 1.807) is 7.05 Å². The van der Waals surface area contributed by atoms with Crippen molar-refractivity contribution in [3.05, 3.63) is 72.3 Å². The number of carbonyl (C=O) groups is 2. The van der Waals surface area contributed by atoms with Gasteiger partial charge in [-0.15, -0.1) is 0 Å². The van der Waals surface area contributed by atoms with Gasteiger partial charge in [0.2, 0.25) is 5.91 Å². The van der Waals surface area contributed by atoms with Crippen LogP contribution in [0.2, 0.25) is 0 Å². The van der Waals surface area contributed by atoms with Crippen molar-refractivity contribution in [3.8, 4) is 11.5 Å². The molecule has 1 aliphatic carbocycles. The van der Waals surface area contributed by atoms with Gasteiger partial charge >= 0.3 is 5.97 Å². The van der Waals surface area contributed by atoms with Gasteiger partial charge in [0, 0.05) is 7.05 Å². The average molecular weight is 375 g/mol. The Morgan fingerprint density at radius 2 is 1.71 bits per heavy atom. The lowest BCUT2D eigenvalue weighted by Crippen LogP contribution is -2.31. The summed E-state index contributed by atoms with van der Waals surface area (Å²) in [7, 11) is 2.92. The fourth-order valence-corrected chi connectivity index (χ4v) is 3.80. The number of hydrogen-bond acceptors (Lipinski definition) is 4. The zero-order valence-electron chi connectivity index (χ0n) is 15.8. The summed E-state index contributed by atoms with van der Waals surface area (Å²) in [5, 5.41) is 4.85. The second-order valence-electron chi connectivity index (χ2n) is 6.97. The third-order valence-corrected chi connectivity index (χ3v) is 5.38. The SMILES string of the molecule is CNC(=O)C1CC1(C(=O)OC)c1cccc(Oc2ccc3ccccc3c2)c1. The second-order valence-corrected chi connectivity index (χ2v) is 6.97. The first-order valence-corrected chi connectivity index (χ1v) is 9.15. The molecule has 1 fully saturated rings. The summed E-state index contributed by atoms with van der Waals surface area (Å²) >= 11 is 0. The molecule has 1 N–H and O–H groups in total. The third-order valence-electron chi connectivity index (χ3n) is 5.38. The number of esters is 1. The van der Waals surface area contributed by atoms with E-state index >= 15 is 0 Å². The quantitative estimate of drug-likeness (QED) is 0.689. The summed E-state index contributed by atoms with van der Waals surface area (Å²) in [4.78, 5) is 24.6. The van der Waals surface area contributed by atoms with Crippen molar-refractivity contribution in [2.24, 2.45) is 5.92 Å². The van der Waals surface area contributed by atoms with Gasteiger partial charge in [-0.25, -0.2) is 0 Å². The Bertz CT molecular complexity index is 1060. The first-order chi connectivity index (χ1) is 13.6. The molecule has 142 valence electrons. The van der Waals surface area contributed by atoms with Crippen molar-refractivity contribution < 1.29 is 19.1 Å². The van der Waals surface area contributed by atoms with Crippen LogP contribution in [0.3, 0.4) is 0 Å². The molecule has 1 saturated carbocycles. The van der Waals surface area contributed by atoms with Gasteiger partial charge in [0.25, 0.3) is 0 Å². The Morgan fingerprint density at radius 3 is 2.46 bits per heavy atom. The van der Waals surface area contributed by atoms with Gasteiger partial charge in [-0.1, -0.05) is 42.5 Å². The molecule has 0 heterocycles. The van der Waals surface area contributed by atoms with E-state index < -0.39 is 17.3 Å². The number of methoxy groups -OCH3 is 1. The first-order valence-electron chi connectivity index (χ1n) is 9.15. The van der Waals surface area contributed by atoms with Gasteiger partial charge in [-0.05, 0) is 47.0 Å². The van der Waals surface area contributed by atoms with Crippen LogP contribution in [-0.2, 0) is 19.7 Å². The molecule has 5 nitrogen and oxygen atoms in total. The molecule has 2 unspecified atom stereocenters. The molecule has 0 radical (unpaired) electrons. The van der Waals surface area contributed by atoms with E-state index in [-0.39, 0.29) is 5.91 Å². The lowest BCUT2D eigenvalue weighted by Gasteiger charge is -2.16. The van der Waals surface area contributed by atoms with Gasteiger partial charge in [0.15, 0.2) is 0 Å². The number of fused-ring (bicyclic) bond motifs is 1. The van der Waals surface area contributed by atoms with E-state index in [4.69, 9.17) is 9.47 Å². The molecule has 0 bridgehead atoms. The highest BCUT2D eigenvalue weighted by Crippen LogP contribution is 2.55. The molecule has 0 saturated heterocycles. The van der Waals surface area contributed by atoms with Crippen molar-refractivity contribution in [1.29, 1.82) is 0 Å². The number of hydrogen-bond donors (Lipinski definition) is 1. The summed E-state index contributed by atoms with van der Waals surface area (Å²) in [6.45, 7) is 0. The fourth-order valence-electron chi connectivity index (χ4n) is 3.80. The van der Waals surface area contributed by atoms with E-state index in [0.717, 1.165) is 16.3 Å². The summed E-state index contributed by atoms with van der Waals surface area (Å²) in [5.41, 5.74) is -0.219. The van der Waals surface area contributed by atoms with Crippen molar-refractivity contribution in [3.63, 3.8) is 0 Å². The van der Waals surface area contributed by atoms with Crippen LogP contribution in [0.5, 0.6) is 11.5 Å². The zero-order valence-corrected chi connectivity index (χ0v) is 15.8. The molecule has 0 aliphatic heterocycles. The van der Waals surface area contributed by atoms with E-state index in [1.165, 1.54) is 7.11 Å². The minimum Gasteiger partial charge on any atom is -0.468 e. The standard InChI is InChI=1S/C23H21NO4/c1-24-21(25)20-14-23(20,22(26)27-2)17-8-5-9-18(13-17)28-19-11-10-15-6-3-4-7-16(15)12-19/h3-13,20H,14H2,1-2H3,(H,24,25). The predicted molar refractivity (Wildman–Crippen MR) is 106 cm³/mol. The number of carbonyl (C=O) groups excluding carboxylic acids is 2. The first kappa shape index (κ1) is 18.0. The molecule has 1 amide bonds. The molecule has 4 rings (SSSR count). The van der Waals surface area contributed by atoms with Crippen molar-refractivity contribution >= 4 is 22.6 Å². The number of nitrogens with one attached hydrogen (secondary N) is 1. The molecule has 0 aromatic heterocycles. The van der Waals surface area contributed by atoms with Crippen molar-refractivity contribution in [2.75, 3.05) is 14.2 Å². The smallest absolute Gasteiger partial charge is 0.317 e. The molecule has 1 aliphatic rings. The van der Waals surface area contributed by atoms with Crippen LogP contribution in [0.4, 0.5) is 0 Å². The van der Waals surface area contributed by atoms with Gasteiger partial charge < -0.3 is 14.8 Å². The molecular formula is C23H21NO4. The second kappa shape index (κ2) is 7.00. The minimum atomic E-state index is -0.947. The van der Waals surface area contributed by atoms with E-state index in [2.05, 4.69) is 5.32 Å². The summed E-state index contributed by atoms with van der Waals surface area (Å²) in [6, 6.07) is 21.3. The molecule has 0 spiro atoms. The Morgan fingerprint density at radius 1 is 0.964 bits per heavy atom. The summed E-state index contributed by atoms with van der Waals surface area (Å²) < 4.78 is 11.0. The van der Waals surface area contributed by atoms with E-state index in [0.29, 0.717) is 17.9 Å². The van der Waals surface area contributed by atoms with Crippen LogP contribution in [0.25, 0.3) is 10.8 Å². The van der Waals surface area contributed by atoms with Crippen molar-refractivity contribution in [1.82, 2.24) is 5.32 Å². The number of ether oxygens (including phenoxy) is 2. The number of amides is 1. The molecule has 2 atom stereocenters. The topological polar surface area (TPSA) is 64.6 Å². The predicted octanol–water partition coefficient (Wildman–Crippen LogP) is 3.81. The Labute approximate surface area is 163 Å². The Balaban J connectivity index is 1.65. The van der Waals surface area contributed by atoms with Gasteiger partial charge in [0.1, 0.15) is 16.9 Å². The third kappa shape index (κ3) is 2.99. The van der Waals surface area contributed by atoms with Gasteiger partial charge in [0.05, 0.1) is 13.0 Å². The average Bonchev–Trinajstić information content (AvgIpc) is 3.50. The maximum absolute atomic E-state index is 12.5. The maximum Gasteiger partial charge on any atom is 0.317 e. The molecule has 3 aromatic rings. The molecule has 3 aromatic carbocycles. The van der Waals surface area contributed by atoms with Gasteiger partial charge in [-0.2, -0.15) is 0 Å². The summed E-state index contributed by atoms with van der Waals surface area (Å²) in [6.07, 6.45) is 0.429. The van der Waals surface area contributed by atoms with Crippen LogP contribution >= 0.6 is 0 Å². The lowest BCUT2D eigenvalue weighted by atomic mass is 9.92. The highest BCUT2D eigenvalue weighted by atomic mass is 16.5. The monoisotopic (exact) mass is 375 g/mol. The number of rotatable bonds is 5. The maximum atomic E-state index is 12.5. The van der Waals surface area contributed by atoms with Crippen molar-refractivity contribution in [2.45, 2.75) is 11.8 Å². The zero-order chi connectivity index (χ0) is 19.7. The van der Waals surface area contributed by atoms with E-state index in [1.807, 2.05) is 66.7 Å². The largest absolute Gasteiger partial charge is 0.468 e. The van der Waals surface area contributed by atoms with Crippen LogP contribution in [-0.4, -0.2) is 26.0 Å². The highest BCUT2D eigenvalue weighted by Gasteiger charge is 2.65. The Kier molecular flexibility index (Phi) is 4.51. The Hall–Kier alpha value is -3.34. The van der Waals surface area contributed by atoms with Crippen LogP contribution in [0, 0.1) is 5.92 Å². The highest BCUT2D eigenvalue weighted by molar-refractivity contribution is 5.98. The molecule has 28 heavy (non-hydrogen) atoms. The van der Waals surface area contributed by atoms with Crippen LogP contribution in [0.1, 0.15) is 12.0 Å². The summed E-state index contributed by atoms with van der Waals surface area (Å²) in [5.74, 6) is 0.330. The molecule has 5 heteroatoms. The van der Waals surface area contributed by atoms with Gasteiger partial charge in [-0.3, -0.25) is 9.59 Å². The molecular weight excluding hydrogens is 354 g/mol.